The minimum atomic E-state index is 0.745. The molecule has 94 valence electrons. The van der Waals surface area contributed by atoms with Gasteiger partial charge < -0.3 is 15.0 Å². The molecule has 2 rings (SSSR count). The van der Waals surface area contributed by atoms with Gasteiger partial charge in [0.2, 0.25) is 0 Å². The fraction of sp³-hybridized carbons (Fsp3) is 1.00. The van der Waals surface area contributed by atoms with Gasteiger partial charge in [-0.2, -0.15) is 0 Å². The molecule has 3 heteroatoms. The maximum Gasteiger partial charge on any atom is 0.0502 e. The van der Waals surface area contributed by atoms with E-state index in [-0.39, 0.29) is 0 Å². The van der Waals surface area contributed by atoms with Crippen molar-refractivity contribution in [1.29, 1.82) is 0 Å². The van der Waals surface area contributed by atoms with Crippen LogP contribution in [0.1, 0.15) is 32.1 Å². The van der Waals surface area contributed by atoms with Gasteiger partial charge in [0.25, 0.3) is 0 Å². The Morgan fingerprint density at radius 3 is 2.94 bits per heavy atom. The van der Waals surface area contributed by atoms with E-state index in [4.69, 9.17) is 4.74 Å². The molecule has 2 atom stereocenters. The van der Waals surface area contributed by atoms with Crippen LogP contribution in [0.2, 0.25) is 0 Å². The SMILES string of the molecule is COCC1CCCN(CC2CCCCN2)C1. The average Bonchev–Trinajstić information content (AvgIpc) is 2.31. The van der Waals surface area contributed by atoms with E-state index in [1.165, 1.54) is 58.3 Å². The fourth-order valence-electron chi connectivity index (χ4n) is 3.08. The number of hydrogen-bond acceptors (Lipinski definition) is 3. The van der Waals surface area contributed by atoms with Crippen LogP contribution in [-0.2, 0) is 4.74 Å². The lowest BCUT2D eigenvalue weighted by Crippen LogP contribution is -2.47. The zero-order valence-electron chi connectivity index (χ0n) is 10.6. The van der Waals surface area contributed by atoms with E-state index >= 15 is 0 Å². The number of hydrogen-bond donors (Lipinski definition) is 1. The molecule has 2 fully saturated rings. The number of likely N-dealkylation sites (tertiary alicyclic amines) is 1. The van der Waals surface area contributed by atoms with E-state index < -0.39 is 0 Å². The Morgan fingerprint density at radius 1 is 1.25 bits per heavy atom. The van der Waals surface area contributed by atoms with Gasteiger partial charge in [-0.05, 0) is 44.7 Å². The highest BCUT2D eigenvalue weighted by Gasteiger charge is 2.22. The monoisotopic (exact) mass is 226 g/mol. The van der Waals surface area contributed by atoms with Gasteiger partial charge in [0.15, 0.2) is 0 Å². The fourth-order valence-corrected chi connectivity index (χ4v) is 3.08. The summed E-state index contributed by atoms with van der Waals surface area (Å²) in [5, 5.41) is 3.64. The summed E-state index contributed by atoms with van der Waals surface area (Å²) in [7, 11) is 1.82. The Labute approximate surface area is 99.5 Å². The Balaban J connectivity index is 1.71. The summed E-state index contributed by atoms with van der Waals surface area (Å²) in [5.74, 6) is 0.766. The second-order valence-electron chi connectivity index (χ2n) is 5.37. The van der Waals surface area contributed by atoms with Crippen molar-refractivity contribution in [3.05, 3.63) is 0 Å². The number of rotatable bonds is 4. The van der Waals surface area contributed by atoms with Crippen molar-refractivity contribution >= 4 is 0 Å². The Morgan fingerprint density at radius 2 is 2.19 bits per heavy atom. The van der Waals surface area contributed by atoms with Crippen LogP contribution in [0.5, 0.6) is 0 Å². The molecular weight excluding hydrogens is 200 g/mol. The second-order valence-corrected chi connectivity index (χ2v) is 5.37. The topological polar surface area (TPSA) is 24.5 Å². The number of nitrogens with zero attached hydrogens (tertiary/aromatic N) is 1. The molecule has 0 radical (unpaired) electrons. The van der Waals surface area contributed by atoms with Crippen LogP contribution >= 0.6 is 0 Å². The molecule has 0 aromatic carbocycles. The highest BCUT2D eigenvalue weighted by atomic mass is 16.5. The smallest absolute Gasteiger partial charge is 0.0502 e. The van der Waals surface area contributed by atoms with Crippen molar-refractivity contribution in [3.8, 4) is 0 Å². The van der Waals surface area contributed by atoms with E-state index in [2.05, 4.69) is 10.2 Å². The number of piperidine rings is 2. The Bertz CT molecular complexity index is 190. The molecule has 0 spiro atoms. The van der Waals surface area contributed by atoms with Crippen LogP contribution < -0.4 is 5.32 Å². The van der Waals surface area contributed by atoms with Gasteiger partial charge in [-0.1, -0.05) is 6.42 Å². The van der Waals surface area contributed by atoms with Crippen molar-refractivity contribution in [2.45, 2.75) is 38.1 Å². The molecule has 0 saturated carbocycles. The molecule has 1 N–H and O–H groups in total. The van der Waals surface area contributed by atoms with Gasteiger partial charge >= 0.3 is 0 Å². The normalized spacial score (nSPS) is 32.8. The third-order valence-corrected chi connectivity index (χ3v) is 3.90. The standard InChI is InChI=1S/C13H26N2O/c1-16-11-12-5-4-8-15(9-12)10-13-6-2-3-7-14-13/h12-14H,2-11H2,1H3. The van der Waals surface area contributed by atoms with Gasteiger partial charge in [-0.25, -0.2) is 0 Å². The molecule has 0 amide bonds. The predicted octanol–water partition coefficient (Wildman–Crippen LogP) is 1.49. The average molecular weight is 226 g/mol. The Kier molecular flexibility index (Phi) is 5.07. The second kappa shape index (κ2) is 6.58. The molecule has 2 unspecified atom stereocenters. The van der Waals surface area contributed by atoms with E-state index in [9.17, 15) is 0 Å². The first-order valence-corrected chi connectivity index (χ1v) is 6.83. The molecule has 2 aliphatic heterocycles. The lowest BCUT2D eigenvalue weighted by molar-refractivity contribution is 0.0838. The number of nitrogens with one attached hydrogen (secondary N) is 1. The molecule has 3 nitrogen and oxygen atoms in total. The van der Waals surface area contributed by atoms with Crippen LogP contribution in [0.3, 0.4) is 0 Å². The first-order chi connectivity index (χ1) is 7.88. The van der Waals surface area contributed by atoms with E-state index in [1.54, 1.807) is 0 Å². The lowest BCUT2D eigenvalue weighted by Gasteiger charge is -2.36. The largest absolute Gasteiger partial charge is 0.384 e. The van der Waals surface area contributed by atoms with Crippen LogP contribution in [0, 0.1) is 5.92 Å². The highest BCUT2D eigenvalue weighted by molar-refractivity contribution is 4.80. The van der Waals surface area contributed by atoms with Gasteiger partial charge in [-0.15, -0.1) is 0 Å². The summed E-state index contributed by atoms with van der Waals surface area (Å²) < 4.78 is 5.28. The summed E-state index contributed by atoms with van der Waals surface area (Å²) in [6.45, 7) is 5.94. The van der Waals surface area contributed by atoms with E-state index in [0.29, 0.717) is 0 Å². The molecule has 2 aliphatic rings. The predicted molar refractivity (Wildman–Crippen MR) is 66.7 cm³/mol. The van der Waals surface area contributed by atoms with Crippen molar-refractivity contribution in [2.24, 2.45) is 5.92 Å². The summed E-state index contributed by atoms with van der Waals surface area (Å²) in [6.07, 6.45) is 6.84. The minimum Gasteiger partial charge on any atom is -0.384 e. The molecule has 0 aromatic rings. The highest BCUT2D eigenvalue weighted by Crippen LogP contribution is 2.18. The lowest BCUT2D eigenvalue weighted by atomic mass is 9.97. The van der Waals surface area contributed by atoms with Gasteiger partial charge in [0.1, 0.15) is 0 Å². The number of methoxy groups -OCH3 is 1. The first kappa shape index (κ1) is 12.3. The number of ether oxygens (including phenoxy) is 1. The van der Waals surface area contributed by atoms with Gasteiger partial charge in [0.05, 0.1) is 6.61 Å². The molecule has 2 saturated heterocycles. The third kappa shape index (κ3) is 3.72. The molecule has 0 aromatic heterocycles. The van der Waals surface area contributed by atoms with Crippen LogP contribution in [0.15, 0.2) is 0 Å². The summed E-state index contributed by atoms with van der Waals surface area (Å²) in [5.41, 5.74) is 0. The molecule has 16 heavy (non-hydrogen) atoms. The molecule has 2 heterocycles. The zero-order chi connectivity index (χ0) is 11.2. The zero-order valence-corrected chi connectivity index (χ0v) is 10.6. The van der Waals surface area contributed by atoms with Crippen molar-refractivity contribution in [3.63, 3.8) is 0 Å². The molecule has 0 bridgehead atoms. The van der Waals surface area contributed by atoms with Crippen LogP contribution in [0.25, 0.3) is 0 Å². The summed E-state index contributed by atoms with van der Waals surface area (Å²) in [6, 6.07) is 0.745. The summed E-state index contributed by atoms with van der Waals surface area (Å²) in [4.78, 5) is 2.64. The van der Waals surface area contributed by atoms with Crippen molar-refractivity contribution < 1.29 is 4.74 Å². The molecule has 0 aliphatic carbocycles. The third-order valence-electron chi connectivity index (χ3n) is 3.90. The van der Waals surface area contributed by atoms with Crippen LogP contribution in [0.4, 0.5) is 0 Å². The quantitative estimate of drug-likeness (QED) is 0.786. The van der Waals surface area contributed by atoms with Crippen LogP contribution in [-0.4, -0.2) is 50.8 Å². The maximum atomic E-state index is 5.28. The van der Waals surface area contributed by atoms with Crippen molar-refractivity contribution in [1.82, 2.24) is 10.2 Å². The first-order valence-electron chi connectivity index (χ1n) is 6.83. The van der Waals surface area contributed by atoms with Gasteiger partial charge in [-0.3, -0.25) is 0 Å². The van der Waals surface area contributed by atoms with E-state index in [1.807, 2.05) is 7.11 Å². The van der Waals surface area contributed by atoms with Crippen molar-refractivity contribution in [2.75, 3.05) is 39.9 Å². The van der Waals surface area contributed by atoms with E-state index in [0.717, 1.165) is 18.6 Å². The summed E-state index contributed by atoms with van der Waals surface area (Å²) >= 11 is 0. The minimum absolute atomic E-state index is 0.745. The van der Waals surface area contributed by atoms with Gasteiger partial charge in [0, 0.05) is 26.2 Å². The molecular formula is C13H26N2O. The Hall–Kier alpha value is -0.120. The maximum absolute atomic E-state index is 5.28.